The number of hydrogen-bond donors (Lipinski definition) is 2. The Bertz CT molecular complexity index is 1070. The molecule has 2 aromatic heterocycles. The Morgan fingerprint density at radius 3 is 2.27 bits per heavy atom. The maximum absolute atomic E-state index is 13.6. The van der Waals surface area contributed by atoms with E-state index in [4.69, 9.17) is 0 Å². The molecular weight excluding hydrogens is 418 g/mol. The molecule has 154 valence electrons. The summed E-state index contributed by atoms with van der Waals surface area (Å²) in [4.78, 5) is 41.0. The summed E-state index contributed by atoms with van der Waals surface area (Å²) in [5.74, 6) is -0.625. The van der Waals surface area contributed by atoms with Crippen LogP contribution in [0.2, 0.25) is 0 Å². The van der Waals surface area contributed by atoms with Crippen molar-refractivity contribution < 1.29 is 14.4 Å². The van der Waals surface area contributed by atoms with Crippen LogP contribution in [0.4, 0.5) is 11.4 Å². The zero-order chi connectivity index (χ0) is 21.3. The van der Waals surface area contributed by atoms with Gasteiger partial charge in [0.05, 0.1) is 6.04 Å². The van der Waals surface area contributed by atoms with Crippen LogP contribution in [0.3, 0.4) is 0 Å². The maximum Gasteiger partial charge on any atom is 0.254 e. The quantitative estimate of drug-likeness (QED) is 0.628. The highest BCUT2D eigenvalue weighted by atomic mass is 32.1. The zero-order valence-corrected chi connectivity index (χ0v) is 18.2. The second kappa shape index (κ2) is 8.41. The van der Waals surface area contributed by atoms with Gasteiger partial charge >= 0.3 is 0 Å². The van der Waals surface area contributed by atoms with Gasteiger partial charge in [0.1, 0.15) is 0 Å². The summed E-state index contributed by atoms with van der Waals surface area (Å²) in [5, 5.41) is 9.51. The lowest BCUT2D eigenvalue weighted by Gasteiger charge is -2.35. The summed E-state index contributed by atoms with van der Waals surface area (Å²) in [6.45, 7) is 3.42. The van der Waals surface area contributed by atoms with E-state index < -0.39 is 0 Å². The van der Waals surface area contributed by atoms with Gasteiger partial charge in [-0.3, -0.25) is 14.4 Å². The summed E-state index contributed by atoms with van der Waals surface area (Å²) in [7, 11) is 0. The van der Waals surface area contributed by atoms with Gasteiger partial charge in [-0.15, -0.1) is 22.7 Å². The maximum atomic E-state index is 13.6. The molecule has 1 unspecified atom stereocenters. The van der Waals surface area contributed by atoms with E-state index in [0.29, 0.717) is 23.5 Å². The number of carbonyl (C=O) groups excluding carboxylic acids is 3. The Labute approximate surface area is 182 Å². The lowest BCUT2D eigenvalue weighted by atomic mass is 9.97. The van der Waals surface area contributed by atoms with Gasteiger partial charge in [-0.25, -0.2) is 0 Å². The number of thiophene rings is 2. The summed E-state index contributed by atoms with van der Waals surface area (Å²) < 4.78 is 0. The number of amides is 3. The van der Waals surface area contributed by atoms with Crippen molar-refractivity contribution in [1.29, 1.82) is 0 Å². The third kappa shape index (κ3) is 4.15. The molecule has 6 nitrogen and oxygen atoms in total. The first-order chi connectivity index (χ1) is 14.4. The Morgan fingerprint density at radius 2 is 1.67 bits per heavy atom. The van der Waals surface area contributed by atoms with Gasteiger partial charge in [0.25, 0.3) is 5.91 Å². The second-order valence-corrected chi connectivity index (χ2v) is 9.11. The first kappa shape index (κ1) is 20.3. The minimum atomic E-state index is -0.245. The number of nitrogens with one attached hydrogen (secondary N) is 2. The first-order valence-electron chi connectivity index (χ1n) is 9.53. The lowest BCUT2D eigenvalue weighted by molar-refractivity contribution is -0.115. The molecule has 1 aliphatic heterocycles. The number of hydrogen-bond acceptors (Lipinski definition) is 5. The second-order valence-electron chi connectivity index (χ2n) is 7.13. The molecule has 8 heteroatoms. The molecule has 0 bridgehead atoms. The fraction of sp³-hybridized carbons (Fsp3) is 0.227. The summed E-state index contributed by atoms with van der Waals surface area (Å²) in [5.41, 5.74) is 2.53. The van der Waals surface area contributed by atoms with E-state index in [9.17, 15) is 14.4 Å². The Hall–Kier alpha value is -2.97. The average Bonchev–Trinajstić information content (AvgIpc) is 3.37. The molecule has 0 radical (unpaired) electrons. The molecule has 30 heavy (non-hydrogen) atoms. The van der Waals surface area contributed by atoms with Crippen LogP contribution in [0, 0.1) is 0 Å². The molecule has 3 aromatic rings. The molecule has 0 spiro atoms. The van der Waals surface area contributed by atoms with Crippen molar-refractivity contribution in [3.05, 3.63) is 68.0 Å². The van der Waals surface area contributed by atoms with E-state index in [1.807, 2.05) is 16.3 Å². The van der Waals surface area contributed by atoms with Crippen LogP contribution in [0.25, 0.3) is 0 Å². The number of fused-ring (bicyclic) bond motifs is 1. The van der Waals surface area contributed by atoms with Gasteiger partial charge in [-0.05, 0) is 53.1 Å². The highest BCUT2D eigenvalue weighted by Crippen LogP contribution is 2.40. The molecule has 0 aliphatic carbocycles. The molecule has 0 fully saturated rings. The van der Waals surface area contributed by atoms with Crippen LogP contribution < -0.4 is 10.6 Å². The van der Waals surface area contributed by atoms with E-state index >= 15 is 0 Å². The molecule has 1 atom stereocenters. The minimum absolute atomic E-state index is 0.135. The molecule has 1 aromatic carbocycles. The van der Waals surface area contributed by atoms with Gasteiger partial charge in [-0.1, -0.05) is 6.07 Å². The summed E-state index contributed by atoms with van der Waals surface area (Å²) in [6.07, 6.45) is 0.810. The SMILES string of the molecule is CC(=O)Nc1cc(NC(C)=O)cc(C(=O)N2CCc3sccc3C2c2cccs2)c1. The van der Waals surface area contributed by atoms with E-state index in [1.54, 1.807) is 40.9 Å². The van der Waals surface area contributed by atoms with Crippen molar-refractivity contribution in [1.82, 2.24) is 4.90 Å². The molecule has 1 aliphatic rings. The number of rotatable bonds is 4. The predicted molar refractivity (Wildman–Crippen MR) is 120 cm³/mol. The molecular formula is C22H21N3O3S2. The highest BCUT2D eigenvalue weighted by molar-refractivity contribution is 7.10. The molecule has 2 N–H and O–H groups in total. The van der Waals surface area contributed by atoms with Gasteiger partial charge in [0.15, 0.2) is 0 Å². The highest BCUT2D eigenvalue weighted by Gasteiger charge is 2.34. The zero-order valence-electron chi connectivity index (χ0n) is 16.6. The van der Waals surface area contributed by atoms with Crippen LogP contribution in [-0.2, 0) is 16.0 Å². The number of benzene rings is 1. The van der Waals surface area contributed by atoms with Gasteiger partial charge in [0.2, 0.25) is 11.8 Å². The van der Waals surface area contributed by atoms with Crippen molar-refractivity contribution in [3.8, 4) is 0 Å². The van der Waals surface area contributed by atoms with Gasteiger partial charge < -0.3 is 15.5 Å². The van der Waals surface area contributed by atoms with E-state index in [1.165, 1.54) is 24.3 Å². The Morgan fingerprint density at radius 1 is 0.967 bits per heavy atom. The smallest absolute Gasteiger partial charge is 0.254 e. The normalized spacial score (nSPS) is 15.4. The fourth-order valence-corrected chi connectivity index (χ4v) is 5.51. The van der Waals surface area contributed by atoms with Crippen LogP contribution in [0.5, 0.6) is 0 Å². The average molecular weight is 440 g/mol. The summed E-state index contributed by atoms with van der Waals surface area (Å²) >= 11 is 3.36. The van der Waals surface area contributed by atoms with E-state index in [2.05, 4.69) is 28.1 Å². The van der Waals surface area contributed by atoms with Crippen molar-refractivity contribution in [3.63, 3.8) is 0 Å². The standard InChI is InChI=1S/C22H21N3O3S2/c1-13(26)23-16-10-15(11-17(12-16)24-14(2)27)22(28)25-7-5-19-18(6-9-30-19)21(25)20-4-3-8-29-20/h3-4,6,8-12,21H,5,7H2,1-2H3,(H,23,26)(H,24,27). The van der Waals surface area contributed by atoms with Crippen molar-refractivity contribution in [2.45, 2.75) is 26.3 Å². The van der Waals surface area contributed by atoms with Gasteiger partial charge in [-0.2, -0.15) is 0 Å². The fourth-order valence-electron chi connectivity index (χ4n) is 3.76. The molecule has 3 amide bonds. The molecule has 4 rings (SSSR count). The van der Waals surface area contributed by atoms with Crippen LogP contribution in [-0.4, -0.2) is 29.2 Å². The van der Waals surface area contributed by atoms with Crippen molar-refractivity contribution in [2.24, 2.45) is 0 Å². The topological polar surface area (TPSA) is 78.5 Å². The van der Waals surface area contributed by atoms with Crippen molar-refractivity contribution in [2.75, 3.05) is 17.2 Å². The third-order valence-corrected chi connectivity index (χ3v) is 6.78. The lowest BCUT2D eigenvalue weighted by Crippen LogP contribution is -2.39. The number of carbonyl (C=O) groups is 3. The Balaban J connectivity index is 1.74. The van der Waals surface area contributed by atoms with Crippen LogP contribution >= 0.6 is 22.7 Å². The van der Waals surface area contributed by atoms with Crippen LogP contribution in [0.1, 0.15) is 45.6 Å². The molecule has 3 heterocycles. The first-order valence-corrected chi connectivity index (χ1v) is 11.3. The van der Waals surface area contributed by atoms with Crippen LogP contribution in [0.15, 0.2) is 47.2 Å². The monoisotopic (exact) mass is 439 g/mol. The Kier molecular flexibility index (Phi) is 5.69. The third-order valence-electron chi connectivity index (χ3n) is 4.86. The molecule has 0 saturated heterocycles. The number of anilines is 2. The predicted octanol–water partition coefficient (Wildman–Crippen LogP) is 4.51. The van der Waals surface area contributed by atoms with Crippen molar-refractivity contribution >= 4 is 51.8 Å². The minimum Gasteiger partial charge on any atom is -0.326 e. The molecule has 0 saturated carbocycles. The van der Waals surface area contributed by atoms with E-state index in [-0.39, 0.29) is 23.8 Å². The largest absolute Gasteiger partial charge is 0.326 e. The van der Waals surface area contributed by atoms with Gasteiger partial charge in [0, 0.05) is 47.1 Å². The number of nitrogens with zero attached hydrogens (tertiary/aromatic N) is 1. The summed E-state index contributed by atoms with van der Waals surface area (Å²) in [6, 6.07) is 11.0. The van der Waals surface area contributed by atoms with E-state index in [0.717, 1.165) is 11.3 Å².